The highest BCUT2D eigenvalue weighted by molar-refractivity contribution is 8.03. The number of rotatable bonds is 2. The molecule has 7 heavy (non-hydrogen) atoms. The van der Waals surface area contributed by atoms with E-state index < -0.39 is 7.00 Å². The number of nitrogens with zero attached hydrogens (tertiary/aromatic N) is 2. The first kappa shape index (κ1) is 7.58. The zero-order chi connectivity index (χ0) is 5.86. The van der Waals surface area contributed by atoms with Crippen LogP contribution in [0.3, 0.4) is 0 Å². The summed E-state index contributed by atoms with van der Waals surface area (Å²) in [7, 11) is 6.78. The molecular formula is C2H7N2P2S+. The summed E-state index contributed by atoms with van der Waals surface area (Å²) in [5, 5.41) is 0. The van der Waals surface area contributed by atoms with Crippen LogP contribution >= 0.6 is 16.0 Å². The minimum atomic E-state index is -0.682. The highest BCUT2D eigenvalue weighted by Gasteiger charge is 2.07. The van der Waals surface area contributed by atoms with Crippen LogP contribution in [-0.4, -0.2) is 18.8 Å². The maximum absolute atomic E-state index is 4.84. The van der Waals surface area contributed by atoms with Gasteiger partial charge in [0.15, 0.2) is 0 Å². The van der Waals surface area contributed by atoms with E-state index in [0.29, 0.717) is 0 Å². The third-order valence-electron chi connectivity index (χ3n) is 0.428. The van der Waals surface area contributed by atoms with Gasteiger partial charge in [-0.1, -0.05) is 0 Å². The summed E-state index contributed by atoms with van der Waals surface area (Å²) in [5.41, 5.74) is 0. The van der Waals surface area contributed by atoms with Gasteiger partial charge < -0.3 is 0 Å². The lowest BCUT2D eigenvalue weighted by Crippen LogP contribution is -1.95. The summed E-state index contributed by atoms with van der Waals surface area (Å²) in [4.78, 5) is 0. The van der Waals surface area contributed by atoms with E-state index >= 15 is 0 Å². The van der Waals surface area contributed by atoms with Crippen molar-refractivity contribution >= 4 is 27.8 Å². The lowest BCUT2D eigenvalue weighted by Gasteiger charge is -1.86. The summed E-state index contributed by atoms with van der Waals surface area (Å²) in [6.45, 7) is -0.682. The summed E-state index contributed by atoms with van der Waals surface area (Å²) in [6, 6.07) is 0. The molecule has 1 atom stereocenters. The predicted molar refractivity (Wildman–Crippen MR) is 38.7 cm³/mol. The van der Waals surface area contributed by atoms with Crippen LogP contribution < -0.4 is 0 Å². The van der Waals surface area contributed by atoms with Crippen molar-refractivity contribution < 1.29 is 0 Å². The van der Waals surface area contributed by atoms with Crippen LogP contribution in [0, 0.1) is 0 Å². The molecule has 0 radical (unpaired) electrons. The highest BCUT2D eigenvalue weighted by atomic mass is 32.4. The third-order valence-corrected chi connectivity index (χ3v) is 3.51. The Morgan fingerprint density at radius 1 is 1.71 bits per heavy atom. The fourth-order valence-electron chi connectivity index (χ4n) is 0.0894. The fraction of sp³-hybridized carbons (Fsp3) is 1.00. The number of hydrogen-bond donors (Lipinski definition) is 0. The topological polar surface area (TPSA) is 15.6 Å². The van der Waals surface area contributed by atoms with E-state index in [2.05, 4.69) is 13.5 Å². The second-order valence-electron chi connectivity index (χ2n) is 1.20. The molecule has 0 rings (SSSR count). The van der Waals surface area contributed by atoms with Crippen molar-refractivity contribution in [2.75, 3.05) is 14.1 Å². The van der Waals surface area contributed by atoms with Gasteiger partial charge in [-0.15, -0.1) is 4.67 Å². The van der Waals surface area contributed by atoms with Crippen molar-refractivity contribution in [3.8, 4) is 0 Å². The van der Waals surface area contributed by atoms with Gasteiger partial charge in [-0.05, 0) is 4.52 Å². The minimum absolute atomic E-state index is 0.682. The molecule has 0 aliphatic carbocycles. The smallest absolute Gasteiger partial charge is 0.103 e. The fourth-order valence-corrected chi connectivity index (χ4v) is 0.805. The zero-order valence-corrected chi connectivity index (χ0v) is 6.96. The molecular weight excluding hydrogens is 146 g/mol. The van der Waals surface area contributed by atoms with Crippen LogP contribution in [0.1, 0.15) is 0 Å². The van der Waals surface area contributed by atoms with Crippen molar-refractivity contribution in [2.24, 2.45) is 4.52 Å². The van der Waals surface area contributed by atoms with Crippen molar-refractivity contribution in [2.45, 2.75) is 0 Å². The lowest BCUT2D eigenvalue weighted by atomic mass is 11.3. The Labute approximate surface area is 51.7 Å². The van der Waals surface area contributed by atoms with Gasteiger partial charge in [0.25, 0.3) is 0 Å². The van der Waals surface area contributed by atoms with Gasteiger partial charge in [0.2, 0.25) is 11.8 Å². The van der Waals surface area contributed by atoms with Gasteiger partial charge in [0.05, 0.1) is 0 Å². The maximum atomic E-state index is 4.84. The van der Waals surface area contributed by atoms with Gasteiger partial charge in [0.1, 0.15) is 0 Å². The Kier molecular flexibility index (Phi) is 3.86. The van der Waals surface area contributed by atoms with Crippen LogP contribution in [0.5, 0.6) is 0 Å². The normalized spacial score (nSPS) is 11.6. The first-order valence-corrected chi connectivity index (χ1v) is 4.41. The Morgan fingerprint density at radius 2 is 2.14 bits per heavy atom. The Morgan fingerprint density at radius 3 is 2.14 bits per heavy atom. The van der Waals surface area contributed by atoms with Gasteiger partial charge in [-0.25, -0.2) is 0 Å². The van der Waals surface area contributed by atoms with Crippen molar-refractivity contribution in [1.82, 2.24) is 4.67 Å². The van der Waals surface area contributed by atoms with E-state index in [4.69, 9.17) is 11.8 Å². The van der Waals surface area contributed by atoms with Crippen LogP contribution in [-0.2, 0) is 11.8 Å². The second kappa shape index (κ2) is 3.57. The van der Waals surface area contributed by atoms with Crippen LogP contribution in [0.15, 0.2) is 4.52 Å². The number of hydrogen-bond acceptors (Lipinski definition) is 1. The quantitative estimate of drug-likeness (QED) is 0.560. The van der Waals surface area contributed by atoms with E-state index in [0.717, 1.165) is 0 Å². The molecule has 40 valence electrons. The average Bonchev–Trinajstić information content (AvgIpc) is 1.65. The summed E-state index contributed by atoms with van der Waals surface area (Å²) < 4.78 is 5.59. The molecule has 0 N–H and O–H groups in total. The van der Waals surface area contributed by atoms with Gasteiger partial charge in [-0.2, -0.15) is 0 Å². The molecule has 1 unspecified atom stereocenters. The summed E-state index contributed by atoms with van der Waals surface area (Å²) in [6.07, 6.45) is 0. The molecule has 5 heteroatoms. The second-order valence-corrected chi connectivity index (χ2v) is 4.29. The minimum Gasteiger partial charge on any atom is -0.103 e. The predicted octanol–water partition coefficient (Wildman–Crippen LogP) is 1.65. The van der Waals surface area contributed by atoms with E-state index in [1.54, 1.807) is 0 Å². The van der Waals surface area contributed by atoms with Gasteiger partial charge in [-0.3, -0.25) is 0 Å². The van der Waals surface area contributed by atoms with E-state index in [9.17, 15) is 0 Å². The third kappa shape index (κ3) is 3.19. The molecule has 0 fully saturated rings. The maximum Gasteiger partial charge on any atom is 0.421 e. The molecule has 0 spiro atoms. The standard InChI is InChI=1S/C2H7N2P2S/c1-4(2)6(7)3-5/h5H,1-2H3/q+1. The Balaban J connectivity index is 3.56. The molecule has 0 aromatic carbocycles. The monoisotopic (exact) mass is 153 g/mol. The van der Waals surface area contributed by atoms with Crippen LogP contribution in [0.25, 0.3) is 0 Å². The van der Waals surface area contributed by atoms with E-state index in [-0.39, 0.29) is 0 Å². The van der Waals surface area contributed by atoms with E-state index in [1.165, 1.54) is 0 Å². The Hall–Kier alpha value is 0.580. The molecule has 0 bridgehead atoms. The van der Waals surface area contributed by atoms with Gasteiger partial charge in [0, 0.05) is 23.1 Å². The molecule has 0 heterocycles. The first-order valence-electron chi connectivity index (χ1n) is 1.70. The molecule has 0 saturated carbocycles. The highest BCUT2D eigenvalue weighted by Crippen LogP contribution is 2.25. The SMILES string of the molecule is CN(C)[P+](=S)N=P. The molecule has 0 aromatic heterocycles. The molecule has 0 amide bonds. The first-order chi connectivity index (χ1) is 3.18. The van der Waals surface area contributed by atoms with E-state index in [1.807, 2.05) is 18.8 Å². The molecule has 0 aliphatic rings. The summed E-state index contributed by atoms with van der Waals surface area (Å²) in [5.74, 6) is 0. The van der Waals surface area contributed by atoms with Crippen molar-refractivity contribution in [3.05, 3.63) is 0 Å². The average molecular weight is 153 g/mol. The molecule has 2 nitrogen and oxygen atoms in total. The molecule has 0 aromatic rings. The van der Waals surface area contributed by atoms with Crippen LogP contribution in [0.2, 0.25) is 0 Å². The van der Waals surface area contributed by atoms with Crippen molar-refractivity contribution in [1.29, 1.82) is 0 Å². The Bertz CT molecular complexity index is 91.7. The van der Waals surface area contributed by atoms with Crippen molar-refractivity contribution in [3.63, 3.8) is 0 Å². The molecule has 0 saturated heterocycles. The summed E-state index contributed by atoms with van der Waals surface area (Å²) >= 11 is 4.84. The van der Waals surface area contributed by atoms with Gasteiger partial charge >= 0.3 is 7.00 Å². The van der Waals surface area contributed by atoms with Crippen LogP contribution in [0.4, 0.5) is 0 Å². The largest absolute Gasteiger partial charge is 0.421 e. The molecule has 0 aliphatic heterocycles. The zero-order valence-electron chi connectivity index (χ0n) is 4.25. The lowest BCUT2D eigenvalue weighted by molar-refractivity contribution is 0.690.